The second kappa shape index (κ2) is 3.38. The first-order chi connectivity index (χ1) is 5.65. The van der Waals surface area contributed by atoms with Crippen molar-refractivity contribution in [1.29, 1.82) is 5.26 Å². The lowest BCUT2D eigenvalue weighted by atomic mass is 10.0. The maximum absolute atomic E-state index is 9.28. The number of aliphatic hydroxyl groups excluding tert-OH is 1. The Kier molecular flexibility index (Phi) is 2.47. The van der Waals surface area contributed by atoms with Crippen LogP contribution in [0.1, 0.15) is 29.7 Å². The number of aliphatic hydroxyl groups is 1. The minimum Gasteiger partial charge on any atom is -0.389 e. The van der Waals surface area contributed by atoms with Crippen molar-refractivity contribution in [3.05, 3.63) is 34.9 Å². The lowest BCUT2D eigenvalue weighted by Gasteiger charge is -2.06. The third-order valence-corrected chi connectivity index (χ3v) is 1.78. The highest BCUT2D eigenvalue weighted by Crippen LogP contribution is 2.17. The van der Waals surface area contributed by atoms with Crippen LogP contribution in [0.4, 0.5) is 0 Å². The van der Waals surface area contributed by atoms with E-state index in [-0.39, 0.29) is 0 Å². The van der Waals surface area contributed by atoms with Crippen LogP contribution in [0.15, 0.2) is 18.2 Å². The summed E-state index contributed by atoms with van der Waals surface area (Å²) in [7, 11) is 0. The van der Waals surface area contributed by atoms with Gasteiger partial charge in [-0.15, -0.1) is 0 Å². The summed E-state index contributed by atoms with van der Waals surface area (Å²) >= 11 is 0. The molecule has 0 bridgehead atoms. The smallest absolute Gasteiger partial charge is 0.0995 e. The number of nitrogens with zero attached hydrogens (tertiary/aromatic N) is 1. The fraction of sp³-hybridized carbons (Fsp3) is 0.300. The molecule has 0 fully saturated rings. The lowest BCUT2D eigenvalue weighted by molar-refractivity contribution is 0.199. The third kappa shape index (κ3) is 1.63. The molecule has 0 aromatic heterocycles. The SMILES string of the molecule is Cc1ccc([C@H](C)O)c(C#N)c1. The molecule has 2 heteroatoms. The first-order valence-corrected chi connectivity index (χ1v) is 3.84. The van der Waals surface area contributed by atoms with Crippen LogP contribution in [0.25, 0.3) is 0 Å². The van der Waals surface area contributed by atoms with Gasteiger partial charge in [-0.3, -0.25) is 0 Å². The summed E-state index contributed by atoms with van der Waals surface area (Å²) in [6.45, 7) is 3.58. The normalized spacial score (nSPS) is 12.2. The van der Waals surface area contributed by atoms with Gasteiger partial charge in [-0.1, -0.05) is 12.1 Å². The van der Waals surface area contributed by atoms with Gasteiger partial charge in [0, 0.05) is 0 Å². The van der Waals surface area contributed by atoms with Gasteiger partial charge in [0.25, 0.3) is 0 Å². The molecule has 0 unspecified atom stereocenters. The zero-order valence-corrected chi connectivity index (χ0v) is 7.20. The monoisotopic (exact) mass is 161 g/mol. The topological polar surface area (TPSA) is 44.0 Å². The highest BCUT2D eigenvalue weighted by atomic mass is 16.3. The van der Waals surface area contributed by atoms with E-state index in [4.69, 9.17) is 5.26 Å². The molecule has 1 N–H and O–H groups in total. The summed E-state index contributed by atoms with van der Waals surface area (Å²) < 4.78 is 0. The zero-order chi connectivity index (χ0) is 9.14. The van der Waals surface area contributed by atoms with E-state index in [1.54, 1.807) is 19.1 Å². The number of hydrogen-bond acceptors (Lipinski definition) is 2. The van der Waals surface area contributed by atoms with Crippen molar-refractivity contribution >= 4 is 0 Å². The van der Waals surface area contributed by atoms with Crippen LogP contribution in [0.3, 0.4) is 0 Å². The predicted molar refractivity (Wildman–Crippen MR) is 46.5 cm³/mol. The predicted octanol–water partition coefficient (Wildman–Crippen LogP) is 1.92. The van der Waals surface area contributed by atoms with Gasteiger partial charge in [0.1, 0.15) is 0 Å². The molecule has 1 aromatic rings. The van der Waals surface area contributed by atoms with Gasteiger partial charge >= 0.3 is 0 Å². The number of hydrogen-bond donors (Lipinski definition) is 1. The number of benzene rings is 1. The summed E-state index contributed by atoms with van der Waals surface area (Å²) in [5.41, 5.74) is 2.30. The van der Waals surface area contributed by atoms with Gasteiger partial charge in [-0.2, -0.15) is 5.26 Å². The second-order valence-corrected chi connectivity index (χ2v) is 2.88. The third-order valence-electron chi connectivity index (χ3n) is 1.78. The van der Waals surface area contributed by atoms with Crippen molar-refractivity contribution in [3.63, 3.8) is 0 Å². The molecular weight excluding hydrogens is 150 g/mol. The molecule has 1 aromatic carbocycles. The highest BCUT2D eigenvalue weighted by molar-refractivity contribution is 5.41. The van der Waals surface area contributed by atoms with Gasteiger partial charge in [-0.25, -0.2) is 0 Å². The minimum atomic E-state index is -0.569. The van der Waals surface area contributed by atoms with E-state index in [2.05, 4.69) is 6.07 Å². The molecular formula is C10H11NO. The maximum Gasteiger partial charge on any atom is 0.0995 e. The van der Waals surface area contributed by atoms with E-state index >= 15 is 0 Å². The van der Waals surface area contributed by atoms with Crippen molar-refractivity contribution in [2.75, 3.05) is 0 Å². The number of aryl methyl sites for hydroxylation is 1. The fourth-order valence-corrected chi connectivity index (χ4v) is 1.13. The van der Waals surface area contributed by atoms with Crippen LogP contribution in [0.2, 0.25) is 0 Å². The molecule has 0 saturated carbocycles. The van der Waals surface area contributed by atoms with Crippen LogP contribution < -0.4 is 0 Å². The van der Waals surface area contributed by atoms with Gasteiger partial charge < -0.3 is 5.11 Å². The van der Waals surface area contributed by atoms with Crippen LogP contribution in [0, 0.1) is 18.3 Å². The second-order valence-electron chi connectivity index (χ2n) is 2.88. The molecule has 62 valence electrons. The molecule has 0 saturated heterocycles. The minimum absolute atomic E-state index is 0.560. The van der Waals surface area contributed by atoms with Gasteiger partial charge in [0.2, 0.25) is 0 Å². The van der Waals surface area contributed by atoms with Crippen LogP contribution in [-0.4, -0.2) is 5.11 Å². The Bertz CT molecular complexity index is 323. The highest BCUT2D eigenvalue weighted by Gasteiger charge is 2.06. The van der Waals surface area contributed by atoms with Crippen LogP contribution in [0.5, 0.6) is 0 Å². The Morgan fingerprint density at radius 2 is 2.17 bits per heavy atom. The van der Waals surface area contributed by atoms with E-state index in [0.29, 0.717) is 11.1 Å². The summed E-state index contributed by atoms with van der Waals surface area (Å²) in [6.07, 6.45) is -0.569. The van der Waals surface area contributed by atoms with E-state index in [9.17, 15) is 5.11 Å². The Labute approximate surface area is 72.1 Å². The summed E-state index contributed by atoms with van der Waals surface area (Å²) in [5.74, 6) is 0. The van der Waals surface area contributed by atoms with E-state index < -0.39 is 6.10 Å². The Morgan fingerprint density at radius 3 is 2.67 bits per heavy atom. The molecule has 2 nitrogen and oxygen atoms in total. The van der Waals surface area contributed by atoms with Crippen molar-refractivity contribution in [1.82, 2.24) is 0 Å². The summed E-state index contributed by atoms with van der Waals surface area (Å²) in [6, 6.07) is 7.52. The standard InChI is InChI=1S/C10H11NO/c1-7-3-4-10(8(2)12)9(5-7)6-11/h3-5,8,12H,1-2H3/t8-/m0/s1. The molecule has 0 aliphatic carbocycles. The first-order valence-electron chi connectivity index (χ1n) is 3.84. The lowest BCUT2D eigenvalue weighted by Crippen LogP contribution is -1.95. The van der Waals surface area contributed by atoms with Crippen LogP contribution in [-0.2, 0) is 0 Å². The number of nitriles is 1. The van der Waals surface area contributed by atoms with Gasteiger partial charge in [-0.05, 0) is 31.0 Å². The van der Waals surface area contributed by atoms with Crippen molar-refractivity contribution in [2.45, 2.75) is 20.0 Å². The molecule has 0 amide bonds. The first kappa shape index (κ1) is 8.76. The molecule has 0 aliphatic rings. The van der Waals surface area contributed by atoms with Crippen molar-refractivity contribution in [2.24, 2.45) is 0 Å². The Morgan fingerprint density at radius 1 is 1.50 bits per heavy atom. The molecule has 0 aliphatic heterocycles. The van der Waals surface area contributed by atoms with E-state index in [1.807, 2.05) is 13.0 Å². The summed E-state index contributed by atoms with van der Waals surface area (Å²) in [4.78, 5) is 0. The summed E-state index contributed by atoms with van der Waals surface area (Å²) in [5, 5.41) is 18.0. The Balaban J connectivity index is 3.23. The largest absolute Gasteiger partial charge is 0.389 e. The van der Waals surface area contributed by atoms with Crippen molar-refractivity contribution < 1.29 is 5.11 Å². The van der Waals surface area contributed by atoms with Crippen molar-refractivity contribution in [3.8, 4) is 6.07 Å². The number of rotatable bonds is 1. The molecule has 0 radical (unpaired) electrons. The molecule has 1 rings (SSSR count). The average molecular weight is 161 g/mol. The molecule has 1 atom stereocenters. The van der Waals surface area contributed by atoms with E-state index in [1.165, 1.54) is 0 Å². The van der Waals surface area contributed by atoms with E-state index in [0.717, 1.165) is 5.56 Å². The Hall–Kier alpha value is -1.33. The molecule has 0 heterocycles. The fourth-order valence-electron chi connectivity index (χ4n) is 1.13. The van der Waals surface area contributed by atoms with Gasteiger partial charge in [0.15, 0.2) is 0 Å². The maximum atomic E-state index is 9.28. The van der Waals surface area contributed by atoms with Crippen LogP contribution >= 0.6 is 0 Å². The quantitative estimate of drug-likeness (QED) is 0.683. The zero-order valence-electron chi connectivity index (χ0n) is 7.20. The average Bonchev–Trinajstić information content (AvgIpc) is 2.03. The molecule has 12 heavy (non-hydrogen) atoms. The molecule has 0 spiro atoms. The van der Waals surface area contributed by atoms with Gasteiger partial charge in [0.05, 0.1) is 17.7 Å².